The largest absolute Gasteiger partial charge is 0.288 e. The predicted octanol–water partition coefficient (Wildman–Crippen LogP) is 2.77. The van der Waals surface area contributed by atoms with Crippen molar-refractivity contribution in [3.8, 4) is 0 Å². The molecular weight excluding hydrogens is 227 g/mol. The van der Waals surface area contributed by atoms with Crippen LogP contribution in [0.1, 0.15) is 33.1 Å². The number of unbranched alkanes of at least 4 members (excludes halogenated alkanes) is 1. The van der Waals surface area contributed by atoms with Gasteiger partial charge in [-0.05, 0) is 29.0 Å². The Morgan fingerprint density at radius 2 is 2.22 bits per heavy atom. The molecule has 0 aromatic heterocycles. The quantitative estimate of drug-likeness (QED) is 0.545. The number of hydrogen-bond donors (Lipinski definition) is 0. The van der Waals surface area contributed by atoms with Crippen LogP contribution >= 0.6 is 22.6 Å². The summed E-state index contributed by atoms with van der Waals surface area (Å²) < 4.78 is 0.293. The molecule has 1 unspecified atom stereocenters. The maximum Gasteiger partial charge on any atom is 0.195 e. The van der Waals surface area contributed by atoms with Gasteiger partial charge in [-0.15, -0.1) is 0 Å². The molecule has 0 bridgehead atoms. The summed E-state index contributed by atoms with van der Waals surface area (Å²) in [4.78, 5) is 10.6. The zero-order valence-corrected chi connectivity index (χ0v) is 8.14. The van der Waals surface area contributed by atoms with Crippen molar-refractivity contribution in [2.24, 2.45) is 5.92 Å². The Bertz CT molecular complexity index is 90.9. The number of carbonyl (C=O) groups is 1. The van der Waals surface area contributed by atoms with E-state index in [9.17, 15) is 4.79 Å². The molecule has 0 aromatic rings. The van der Waals surface area contributed by atoms with Crippen LogP contribution in [0.15, 0.2) is 0 Å². The van der Waals surface area contributed by atoms with Crippen LogP contribution < -0.4 is 0 Å². The van der Waals surface area contributed by atoms with E-state index in [1.54, 1.807) is 0 Å². The van der Waals surface area contributed by atoms with Crippen molar-refractivity contribution >= 4 is 26.4 Å². The fourth-order valence-corrected chi connectivity index (χ4v) is 0.935. The zero-order chi connectivity index (χ0) is 7.28. The molecule has 1 atom stereocenters. The molecule has 0 fully saturated rings. The molecule has 0 heterocycles. The average molecular weight is 240 g/mol. The molecule has 0 rings (SSSR count). The summed E-state index contributed by atoms with van der Waals surface area (Å²) in [6.45, 7) is 4.13. The molecule has 0 aliphatic heterocycles. The minimum absolute atomic E-state index is 0.269. The lowest BCUT2D eigenvalue weighted by molar-refractivity contribution is -0.112. The Hall–Kier alpha value is 0.400. The third-order valence-electron chi connectivity index (χ3n) is 1.38. The molecule has 0 aliphatic rings. The summed E-state index contributed by atoms with van der Waals surface area (Å²) in [5.41, 5.74) is 0. The second-order valence-corrected chi connectivity index (χ2v) is 3.41. The van der Waals surface area contributed by atoms with Crippen LogP contribution in [0.25, 0.3) is 0 Å². The van der Waals surface area contributed by atoms with Crippen LogP contribution in [-0.4, -0.2) is 3.79 Å². The second-order valence-electron chi connectivity index (χ2n) is 2.35. The number of halogens is 1. The van der Waals surface area contributed by atoms with Gasteiger partial charge in [-0.25, -0.2) is 0 Å². The minimum atomic E-state index is 0.269. The van der Waals surface area contributed by atoms with Crippen LogP contribution in [0.3, 0.4) is 0 Å². The molecule has 9 heavy (non-hydrogen) atoms. The highest BCUT2D eigenvalue weighted by Gasteiger charge is 2.06. The van der Waals surface area contributed by atoms with Crippen LogP contribution in [-0.2, 0) is 4.79 Å². The van der Waals surface area contributed by atoms with Gasteiger partial charge in [0.05, 0.1) is 0 Å². The predicted molar refractivity (Wildman–Crippen MR) is 47.7 cm³/mol. The highest BCUT2D eigenvalue weighted by atomic mass is 127. The van der Waals surface area contributed by atoms with Gasteiger partial charge >= 0.3 is 0 Å². The van der Waals surface area contributed by atoms with Gasteiger partial charge in [-0.3, -0.25) is 4.79 Å². The molecule has 54 valence electrons. The van der Waals surface area contributed by atoms with Crippen LogP contribution in [0.4, 0.5) is 0 Å². The summed E-state index contributed by atoms with van der Waals surface area (Å²) in [5, 5.41) is 0. The first-order valence-corrected chi connectivity index (χ1v) is 4.45. The van der Waals surface area contributed by atoms with Gasteiger partial charge in [0.25, 0.3) is 0 Å². The summed E-state index contributed by atoms with van der Waals surface area (Å²) in [6, 6.07) is 0. The Morgan fingerprint density at radius 3 is 2.56 bits per heavy atom. The van der Waals surface area contributed by atoms with E-state index in [0.29, 0.717) is 3.79 Å². The van der Waals surface area contributed by atoms with E-state index in [0.717, 1.165) is 6.42 Å². The summed E-state index contributed by atoms with van der Waals surface area (Å²) in [6.07, 6.45) is 3.42. The van der Waals surface area contributed by atoms with Crippen molar-refractivity contribution in [2.45, 2.75) is 33.1 Å². The van der Waals surface area contributed by atoms with Gasteiger partial charge in [-0.1, -0.05) is 26.7 Å². The van der Waals surface area contributed by atoms with Crippen molar-refractivity contribution in [1.82, 2.24) is 0 Å². The molecule has 1 nitrogen and oxygen atoms in total. The topological polar surface area (TPSA) is 17.1 Å². The summed E-state index contributed by atoms with van der Waals surface area (Å²) in [7, 11) is 0. The molecular formula is C7H13IO. The van der Waals surface area contributed by atoms with Crippen molar-refractivity contribution < 1.29 is 4.79 Å². The molecule has 0 N–H and O–H groups in total. The molecule has 0 saturated carbocycles. The van der Waals surface area contributed by atoms with E-state index >= 15 is 0 Å². The third kappa shape index (κ3) is 4.88. The smallest absolute Gasteiger partial charge is 0.195 e. The highest BCUT2D eigenvalue weighted by Crippen LogP contribution is 2.11. The van der Waals surface area contributed by atoms with Crippen molar-refractivity contribution in [3.05, 3.63) is 0 Å². The van der Waals surface area contributed by atoms with Crippen molar-refractivity contribution in [2.75, 3.05) is 0 Å². The lowest BCUT2D eigenvalue weighted by atomic mass is 10.1. The fraction of sp³-hybridized carbons (Fsp3) is 0.857. The maximum atomic E-state index is 10.6. The fourth-order valence-electron chi connectivity index (χ4n) is 0.624. The van der Waals surface area contributed by atoms with Gasteiger partial charge in [0.2, 0.25) is 0 Å². The SMILES string of the molecule is CCCCC(C)C(=O)I. The molecule has 0 aromatic carbocycles. The van der Waals surface area contributed by atoms with E-state index in [1.165, 1.54) is 12.8 Å². The van der Waals surface area contributed by atoms with Gasteiger partial charge in [0, 0.05) is 5.92 Å². The third-order valence-corrected chi connectivity index (χ3v) is 2.44. The minimum Gasteiger partial charge on any atom is -0.288 e. The van der Waals surface area contributed by atoms with Gasteiger partial charge in [0.1, 0.15) is 0 Å². The van der Waals surface area contributed by atoms with E-state index in [-0.39, 0.29) is 5.92 Å². The number of carbonyl (C=O) groups excluding carboxylic acids is 1. The first kappa shape index (κ1) is 9.40. The average Bonchev–Trinajstić information content (AvgIpc) is 1.82. The van der Waals surface area contributed by atoms with Gasteiger partial charge in [-0.2, -0.15) is 0 Å². The molecule has 0 spiro atoms. The second kappa shape index (κ2) is 5.21. The first-order valence-electron chi connectivity index (χ1n) is 3.37. The van der Waals surface area contributed by atoms with Crippen LogP contribution in [0.5, 0.6) is 0 Å². The molecule has 0 aliphatic carbocycles. The van der Waals surface area contributed by atoms with Crippen LogP contribution in [0.2, 0.25) is 0 Å². The Balaban J connectivity index is 3.27. The Morgan fingerprint density at radius 1 is 1.67 bits per heavy atom. The highest BCUT2D eigenvalue weighted by molar-refractivity contribution is 14.1. The lowest BCUT2D eigenvalue weighted by Gasteiger charge is -2.02. The Labute approximate surface area is 70.4 Å². The van der Waals surface area contributed by atoms with E-state index in [4.69, 9.17) is 0 Å². The summed E-state index contributed by atoms with van der Waals surface area (Å²) in [5.74, 6) is 0.269. The van der Waals surface area contributed by atoms with E-state index in [1.807, 2.05) is 29.5 Å². The van der Waals surface area contributed by atoms with Gasteiger partial charge < -0.3 is 0 Å². The first-order chi connectivity index (χ1) is 4.18. The number of hydrogen-bond acceptors (Lipinski definition) is 1. The van der Waals surface area contributed by atoms with E-state index in [2.05, 4.69) is 6.92 Å². The molecule has 2 heteroatoms. The van der Waals surface area contributed by atoms with Gasteiger partial charge in [0.15, 0.2) is 3.79 Å². The summed E-state index contributed by atoms with van der Waals surface area (Å²) >= 11 is 1.87. The van der Waals surface area contributed by atoms with E-state index < -0.39 is 0 Å². The normalized spacial score (nSPS) is 13.2. The van der Waals surface area contributed by atoms with Crippen molar-refractivity contribution in [1.29, 1.82) is 0 Å². The molecule has 0 amide bonds. The van der Waals surface area contributed by atoms with Crippen molar-refractivity contribution in [3.63, 3.8) is 0 Å². The molecule has 0 saturated heterocycles. The lowest BCUT2D eigenvalue weighted by Crippen LogP contribution is -2.01. The van der Waals surface area contributed by atoms with Crippen LogP contribution in [0, 0.1) is 5.92 Å². The number of rotatable bonds is 4. The molecule has 0 radical (unpaired) electrons. The zero-order valence-electron chi connectivity index (χ0n) is 5.98. The monoisotopic (exact) mass is 240 g/mol. The maximum absolute atomic E-state index is 10.6. The Kier molecular flexibility index (Phi) is 5.44. The standard InChI is InChI=1S/C7H13IO/c1-3-4-5-6(2)7(8)9/h6H,3-5H2,1-2H3.